The van der Waals surface area contributed by atoms with Crippen LogP contribution in [0.4, 0.5) is 0 Å². The van der Waals surface area contributed by atoms with Gasteiger partial charge in [0.25, 0.3) is 0 Å². The van der Waals surface area contributed by atoms with Crippen LogP contribution >= 0.6 is 0 Å². The van der Waals surface area contributed by atoms with Gasteiger partial charge in [0.15, 0.2) is 11.8 Å². The molecular weight excluding hydrogens is 230 g/mol. The van der Waals surface area contributed by atoms with Gasteiger partial charge in [0.1, 0.15) is 0 Å². The molecule has 7 nitrogen and oxygen atoms in total. The SMILES string of the molecule is CCOC(=O)C(NC(C)=O)C(=O)CCC(=O)O. The summed E-state index contributed by atoms with van der Waals surface area (Å²) in [6.07, 6.45) is -0.729. The van der Waals surface area contributed by atoms with Crippen molar-refractivity contribution >= 4 is 23.6 Å². The third kappa shape index (κ3) is 6.29. The van der Waals surface area contributed by atoms with E-state index in [9.17, 15) is 19.2 Å². The highest BCUT2D eigenvalue weighted by Crippen LogP contribution is 2.00. The molecule has 0 radical (unpaired) electrons. The topological polar surface area (TPSA) is 110 Å². The molecule has 0 aliphatic rings. The Labute approximate surface area is 98.1 Å². The van der Waals surface area contributed by atoms with Gasteiger partial charge in [0.05, 0.1) is 13.0 Å². The first kappa shape index (κ1) is 15.1. The van der Waals surface area contributed by atoms with Gasteiger partial charge < -0.3 is 15.2 Å². The molecule has 1 atom stereocenters. The second kappa shape index (κ2) is 7.37. The molecule has 0 aliphatic carbocycles. The second-order valence-electron chi connectivity index (χ2n) is 3.25. The van der Waals surface area contributed by atoms with Gasteiger partial charge >= 0.3 is 11.9 Å². The van der Waals surface area contributed by atoms with Crippen molar-refractivity contribution in [2.45, 2.75) is 32.7 Å². The fraction of sp³-hybridized carbons (Fsp3) is 0.600. The number of amides is 1. The van der Waals surface area contributed by atoms with Gasteiger partial charge in [-0.15, -0.1) is 0 Å². The van der Waals surface area contributed by atoms with E-state index < -0.39 is 36.1 Å². The first-order valence-electron chi connectivity index (χ1n) is 5.06. The molecule has 17 heavy (non-hydrogen) atoms. The fourth-order valence-corrected chi connectivity index (χ4v) is 1.07. The standard InChI is InChI=1S/C10H15NO6/c1-3-17-10(16)9(11-6(2)12)7(13)4-5-8(14)15/h9H,3-5H2,1-2H3,(H,11,12)(H,14,15). The van der Waals surface area contributed by atoms with E-state index in [0.29, 0.717) is 0 Å². The Kier molecular flexibility index (Phi) is 6.54. The zero-order valence-electron chi connectivity index (χ0n) is 9.69. The minimum Gasteiger partial charge on any atom is -0.481 e. The molecule has 0 spiro atoms. The van der Waals surface area contributed by atoms with E-state index in [4.69, 9.17) is 5.11 Å². The van der Waals surface area contributed by atoms with Crippen LogP contribution in [0.3, 0.4) is 0 Å². The number of hydrogen-bond acceptors (Lipinski definition) is 5. The zero-order valence-corrected chi connectivity index (χ0v) is 9.69. The molecule has 0 aromatic rings. The predicted octanol–water partition coefficient (Wildman–Crippen LogP) is -0.512. The summed E-state index contributed by atoms with van der Waals surface area (Å²) < 4.78 is 4.61. The summed E-state index contributed by atoms with van der Waals surface area (Å²) in [4.78, 5) is 44.0. The predicted molar refractivity (Wildman–Crippen MR) is 56.1 cm³/mol. The number of Topliss-reactive ketones (excluding diaryl/α,β-unsaturated/α-hetero) is 1. The summed E-state index contributed by atoms with van der Waals surface area (Å²) in [7, 11) is 0. The molecule has 0 saturated carbocycles. The Balaban J connectivity index is 4.55. The van der Waals surface area contributed by atoms with Crippen LogP contribution in [0.2, 0.25) is 0 Å². The third-order valence-corrected chi connectivity index (χ3v) is 1.78. The fourth-order valence-electron chi connectivity index (χ4n) is 1.07. The highest BCUT2D eigenvalue weighted by atomic mass is 16.5. The Morgan fingerprint density at radius 1 is 1.24 bits per heavy atom. The largest absolute Gasteiger partial charge is 0.481 e. The molecule has 0 rings (SSSR count). The Morgan fingerprint density at radius 3 is 2.24 bits per heavy atom. The van der Waals surface area contributed by atoms with Crippen LogP contribution in [0, 0.1) is 0 Å². The maximum absolute atomic E-state index is 11.5. The number of carboxylic acid groups (broad SMARTS) is 1. The molecule has 2 N–H and O–H groups in total. The minimum absolute atomic E-state index is 0.0706. The van der Waals surface area contributed by atoms with Crippen molar-refractivity contribution in [3.63, 3.8) is 0 Å². The van der Waals surface area contributed by atoms with Crippen LogP contribution < -0.4 is 5.32 Å². The first-order valence-corrected chi connectivity index (χ1v) is 5.06. The summed E-state index contributed by atoms with van der Waals surface area (Å²) in [6, 6.07) is -1.42. The number of ether oxygens (including phenoxy) is 1. The Morgan fingerprint density at radius 2 is 1.82 bits per heavy atom. The molecule has 0 aromatic carbocycles. The van der Waals surface area contributed by atoms with E-state index in [1.807, 2.05) is 0 Å². The van der Waals surface area contributed by atoms with E-state index in [1.54, 1.807) is 6.92 Å². The number of hydrogen-bond donors (Lipinski definition) is 2. The molecule has 0 heterocycles. The van der Waals surface area contributed by atoms with Gasteiger partial charge in [-0.25, -0.2) is 4.79 Å². The maximum atomic E-state index is 11.5. The first-order chi connectivity index (χ1) is 7.88. The van der Waals surface area contributed by atoms with E-state index in [0.717, 1.165) is 6.92 Å². The Hall–Kier alpha value is -1.92. The molecule has 0 saturated heterocycles. The summed E-state index contributed by atoms with van der Waals surface area (Å²) in [6.45, 7) is 2.78. The number of carbonyl (C=O) groups is 4. The molecule has 0 aliphatic heterocycles. The highest BCUT2D eigenvalue weighted by Gasteiger charge is 2.28. The van der Waals surface area contributed by atoms with Crippen LogP contribution in [-0.4, -0.2) is 41.4 Å². The van der Waals surface area contributed by atoms with Crippen molar-refractivity contribution in [2.24, 2.45) is 0 Å². The van der Waals surface area contributed by atoms with Gasteiger partial charge in [-0.3, -0.25) is 14.4 Å². The number of carboxylic acids is 1. The Bertz CT molecular complexity index is 325. The van der Waals surface area contributed by atoms with E-state index >= 15 is 0 Å². The van der Waals surface area contributed by atoms with Gasteiger partial charge in [0.2, 0.25) is 5.91 Å². The number of rotatable bonds is 7. The van der Waals surface area contributed by atoms with Crippen molar-refractivity contribution in [2.75, 3.05) is 6.61 Å². The number of carbonyl (C=O) groups excluding carboxylic acids is 3. The van der Waals surface area contributed by atoms with Gasteiger partial charge in [-0.1, -0.05) is 0 Å². The van der Waals surface area contributed by atoms with Crippen molar-refractivity contribution in [3.05, 3.63) is 0 Å². The lowest BCUT2D eigenvalue weighted by Crippen LogP contribution is -2.46. The van der Waals surface area contributed by atoms with Gasteiger partial charge in [-0.05, 0) is 6.92 Å². The average molecular weight is 245 g/mol. The van der Waals surface area contributed by atoms with Crippen molar-refractivity contribution in [3.8, 4) is 0 Å². The maximum Gasteiger partial charge on any atom is 0.336 e. The van der Waals surface area contributed by atoms with Crippen molar-refractivity contribution in [1.82, 2.24) is 5.32 Å². The van der Waals surface area contributed by atoms with Crippen LogP contribution in [0.1, 0.15) is 26.7 Å². The van der Waals surface area contributed by atoms with Crippen LogP contribution in [0.25, 0.3) is 0 Å². The summed E-state index contributed by atoms with van der Waals surface area (Å²) in [5.74, 6) is -3.27. The van der Waals surface area contributed by atoms with E-state index in [1.165, 1.54) is 0 Å². The van der Waals surface area contributed by atoms with Gasteiger partial charge in [0, 0.05) is 13.3 Å². The second-order valence-corrected chi connectivity index (χ2v) is 3.25. The zero-order chi connectivity index (χ0) is 13.4. The quantitative estimate of drug-likeness (QED) is 0.461. The van der Waals surface area contributed by atoms with Crippen molar-refractivity contribution < 1.29 is 29.0 Å². The molecule has 1 unspecified atom stereocenters. The highest BCUT2D eigenvalue weighted by molar-refractivity contribution is 6.06. The molecular formula is C10H15NO6. The average Bonchev–Trinajstić information content (AvgIpc) is 2.22. The monoisotopic (exact) mass is 245 g/mol. The molecule has 96 valence electrons. The summed E-state index contributed by atoms with van der Waals surface area (Å²) >= 11 is 0. The molecule has 0 fully saturated rings. The number of ketones is 1. The minimum atomic E-state index is -1.42. The lowest BCUT2D eigenvalue weighted by Gasteiger charge is -2.14. The summed E-state index contributed by atoms with van der Waals surface area (Å²) in [5, 5.41) is 10.5. The molecule has 1 amide bonds. The third-order valence-electron chi connectivity index (χ3n) is 1.78. The molecule has 7 heteroatoms. The molecule has 0 aromatic heterocycles. The van der Waals surface area contributed by atoms with Crippen LogP contribution in [0.15, 0.2) is 0 Å². The van der Waals surface area contributed by atoms with E-state index in [2.05, 4.69) is 10.1 Å². The smallest absolute Gasteiger partial charge is 0.336 e. The normalized spacial score (nSPS) is 11.4. The lowest BCUT2D eigenvalue weighted by atomic mass is 10.1. The lowest BCUT2D eigenvalue weighted by molar-refractivity contribution is -0.151. The van der Waals surface area contributed by atoms with Crippen LogP contribution in [0.5, 0.6) is 0 Å². The van der Waals surface area contributed by atoms with Crippen LogP contribution in [-0.2, 0) is 23.9 Å². The number of nitrogens with one attached hydrogen (secondary N) is 1. The van der Waals surface area contributed by atoms with Crippen molar-refractivity contribution in [1.29, 1.82) is 0 Å². The van der Waals surface area contributed by atoms with Gasteiger partial charge in [-0.2, -0.15) is 0 Å². The molecule has 0 bridgehead atoms. The number of esters is 1. The number of aliphatic carboxylic acids is 1. The van der Waals surface area contributed by atoms with E-state index in [-0.39, 0.29) is 13.0 Å². The summed E-state index contributed by atoms with van der Waals surface area (Å²) in [5.41, 5.74) is 0.